The molecule has 0 aliphatic rings. The lowest BCUT2D eigenvalue weighted by molar-refractivity contribution is 0.0910. The minimum atomic E-state index is -0.311. The molecular weight excluding hydrogens is 230 g/mol. The van der Waals surface area contributed by atoms with Gasteiger partial charge in [-0.2, -0.15) is 0 Å². The average Bonchev–Trinajstić information content (AvgIpc) is 2.83. The van der Waals surface area contributed by atoms with Crippen LogP contribution in [0.4, 0.5) is 0 Å². The molecule has 0 spiro atoms. The molecule has 0 unspecified atom stereocenters. The summed E-state index contributed by atoms with van der Waals surface area (Å²) < 4.78 is 1.80. The maximum Gasteiger partial charge on any atom is 0.252 e. The molecule has 2 N–H and O–H groups in total. The van der Waals surface area contributed by atoms with E-state index in [-0.39, 0.29) is 17.9 Å². The summed E-state index contributed by atoms with van der Waals surface area (Å²) in [5.41, 5.74) is 1.07. The maximum atomic E-state index is 11.9. The van der Waals surface area contributed by atoms with Crippen molar-refractivity contribution in [2.75, 3.05) is 13.2 Å². The molecule has 0 aliphatic heterocycles. The van der Waals surface area contributed by atoms with E-state index in [9.17, 15) is 4.79 Å². The lowest BCUT2D eigenvalue weighted by Gasteiger charge is -2.21. The van der Waals surface area contributed by atoms with Crippen molar-refractivity contribution in [1.82, 2.24) is 14.7 Å². The van der Waals surface area contributed by atoms with Gasteiger partial charge in [-0.1, -0.05) is 13.8 Å². The summed E-state index contributed by atoms with van der Waals surface area (Å²) >= 11 is 0. The van der Waals surface area contributed by atoms with Crippen molar-refractivity contribution in [2.45, 2.75) is 13.8 Å². The van der Waals surface area contributed by atoms with Crippen molar-refractivity contribution in [3.8, 4) is 0 Å². The first-order valence-corrected chi connectivity index (χ1v) is 5.84. The maximum absolute atomic E-state index is 11.9. The Morgan fingerprint density at radius 2 is 2.28 bits per heavy atom. The van der Waals surface area contributed by atoms with Gasteiger partial charge in [-0.15, -0.1) is 0 Å². The second kappa shape index (κ2) is 4.78. The monoisotopic (exact) mass is 247 g/mol. The topological polar surface area (TPSA) is 66.6 Å². The van der Waals surface area contributed by atoms with Gasteiger partial charge in [0.1, 0.15) is 5.65 Å². The van der Waals surface area contributed by atoms with E-state index in [1.54, 1.807) is 35.1 Å². The summed E-state index contributed by atoms with van der Waals surface area (Å²) in [5, 5.41) is 11.9. The fourth-order valence-corrected chi connectivity index (χ4v) is 1.53. The number of aliphatic hydroxyl groups is 1. The Morgan fingerprint density at radius 3 is 3.00 bits per heavy atom. The molecule has 0 bridgehead atoms. The Kier molecular flexibility index (Phi) is 3.34. The van der Waals surface area contributed by atoms with Gasteiger partial charge >= 0.3 is 0 Å². The number of imidazole rings is 1. The number of nitrogens with one attached hydrogen (secondary N) is 1. The van der Waals surface area contributed by atoms with E-state index < -0.39 is 0 Å². The third-order valence-corrected chi connectivity index (χ3v) is 2.81. The van der Waals surface area contributed by atoms with Crippen molar-refractivity contribution >= 4 is 11.6 Å². The highest BCUT2D eigenvalue weighted by molar-refractivity contribution is 5.94. The number of hydrogen-bond acceptors (Lipinski definition) is 3. The molecule has 0 aliphatic carbocycles. The zero-order valence-corrected chi connectivity index (χ0v) is 10.6. The van der Waals surface area contributed by atoms with Crippen LogP contribution in [0, 0.1) is 5.41 Å². The van der Waals surface area contributed by atoms with Gasteiger partial charge in [-0.3, -0.25) is 4.79 Å². The van der Waals surface area contributed by atoms with E-state index in [4.69, 9.17) is 5.11 Å². The average molecular weight is 247 g/mol. The Balaban J connectivity index is 2.08. The number of aromatic nitrogens is 2. The number of rotatable bonds is 4. The molecule has 1 amide bonds. The van der Waals surface area contributed by atoms with E-state index in [0.717, 1.165) is 5.65 Å². The molecule has 5 heteroatoms. The zero-order valence-electron chi connectivity index (χ0n) is 10.6. The van der Waals surface area contributed by atoms with Crippen LogP contribution in [-0.4, -0.2) is 33.6 Å². The van der Waals surface area contributed by atoms with Gasteiger partial charge in [0.15, 0.2) is 0 Å². The van der Waals surface area contributed by atoms with E-state index in [1.807, 2.05) is 13.8 Å². The fourth-order valence-electron chi connectivity index (χ4n) is 1.53. The Bertz CT molecular complexity index is 560. The number of carbonyl (C=O) groups excluding carboxylic acids is 1. The largest absolute Gasteiger partial charge is 0.396 e. The smallest absolute Gasteiger partial charge is 0.252 e. The minimum Gasteiger partial charge on any atom is -0.396 e. The summed E-state index contributed by atoms with van der Waals surface area (Å²) in [7, 11) is 0. The van der Waals surface area contributed by atoms with Crippen LogP contribution in [0.25, 0.3) is 5.65 Å². The van der Waals surface area contributed by atoms with E-state index in [1.165, 1.54) is 0 Å². The highest BCUT2D eigenvalue weighted by Gasteiger charge is 2.18. The summed E-state index contributed by atoms with van der Waals surface area (Å²) in [4.78, 5) is 16.1. The number of carbonyl (C=O) groups is 1. The van der Waals surface area contributed by atoms with Crippen LogP contribution >= 0.6 is 0 Å². The Hall–Kier alpha value is -1.88. The molecule has 5 nitrogen and oxygen atoms in total. The van der Waals surface area contributed by atoms with Gasteiger partial charge in [0.25, 0.3) is 5.91 Å². The molecule has 2 heterocycles. The first-order chi connectivity index (χ1) is 8.52. The number of aliphatic hydroxyl groups excluding tert-OH is 1. The molecule has 0 atom stereocenters. The lowest BCUT2D eigenvalue weighted by Crippen LogP contribution is -2.36. The SMILES string of the molecule is CC(C)(CO)CNC(=O)c1ccc2nccn2c1. The van der Waals surface area contributed by atoms with Gasteiger partial charge in [-0.25, -0.2) is 4.98 Å². The molecule has 0 aromatic carbocycles. The molecule has 2 rings (SSSR count). The number of amides is 1. The van der Waals surface area contributed by atoms with Gasteiger partial charge in [0, 0.05) is 37.2 Å². The van der Waals surface area contributed by atoms with E-state index in [0.29, 0.717) is 12.1 Å². The quantitative estimate of drug-likeness (QED) is 0.849. The lowest BCUT2D eigenvalue weighted by atomic mass is 9.95. The van der Waals surface area contributed by atoms with Crippen molar-refractivity contribution in [3.63, 3.8) is 0 Å². The van der Waals surface area contributed by atoms with Crippen molar-refractivity contribution in [1.29, 1.82) is 0 Å². The van der Waals surface area contributed by atoms with Crippen LogP contribution in [0.1, 0.15) is 24.2 Å². The van der Waals surface area contributed by atoms with Crippen LogP contribution in [0.2, 0.25) is 0 Å². The molecule has 96 valence electrons. The van der Waals surface area contributed by atoms with Crippen molar-refractivity contribution in [3.05, 3.63) is 36.3 Å². The predicted molar refractivity (Wildman–Crippen MR) is 68.4 cm³/mol. The molecule has 0 saturated heterocycles. The third kappa shape index (κ3) is 2.68. The number of nitrogens with zero attached hydrogens (tertiary/aromatic N) is 2. The highest BCUT2D eigenvalue weighted by Crippen LogP contribution is 2.12. The van der Waals surface area contributed by atoms with Gasteiger partial charge in [0.2, 0.25) is 0 Å². The van der Waals surface area contributed by atoms with Crippen molar-refractivity contribution < 1.29 is 9.90 Å². The second-order valence-corrected chi connectivity index (χ2v) is 5.12. The summed E-state index contributed by atoms with van der Waals surface area (Å²) in [6, 6.07) is 3.54. The molecule has 2 aromatic rings. The zero-order chi connectivity index (χ0) is 13.2. The van der Waals surface area contributed by atoms with Crippen LogP contribution in [0.15, 0.2) is 30.7 Å². The third-order valence-electron chi connectivity index (χ3n) is 2.81. The van der Waals surface area contributed by atoms with Gasteiger partial charge in [0.05, 0.1) is 5.56 Å². The number of pyridine rings is 1. The highest BCUT2D eigenvalue weighted by atomic mass is 16.3. The Labute approximate surface area is 105 Å². The molecule has 0 fully saturated rings. The van der Waals surface area contributed by atoms with Crippen LogP contribution in [0.5, 0.6) is 0 Å². The van der Waals surface area contributed by atoms with Crippen LogP contribution in [0.3, 0.4) is 0 Å². The second-order valence-electron chi connectivity index (χ2n) is 5.12. The summed E-state index contributed by atoms with van der Waals surface area (Å²) in [6.45, 7) is 4.26. The van der Waals surface area contributed by atoms with E-state index in [2.05, 4.69) is 10.3 Å². The minimum absolute atomic E-state index is 0.0356. The number of hydrogen-bond donors (Lipinski definition) is 2. The first kappa shape index (κ1) is 12.6. The molecule has 0 radical (unpaired) electrons. The molecular formula is C13H17N3O2. The van der Waals surface area contributed by atoms with Crippen LogP contribution in [-0.2, 0) is 0 Å². The summed E-state index contributed by atoms with van der Waals surface area (Å²) in [5.74, 6) is -0.146. The first-order valence-electron chi connectivity index (χ1n) is 5.84. The normalized spacial score (nSPS) is 11.7. The standard InChI is InChI=1S/C13H17N3O2/c1-13(2,9-17)8-15-12(18)10-3-4-11-14-5-6-16(11)7-10/h3-7,17H,8-9H2,1-2H3,(H,15,18). The molecule has 2 aromatic heterocycles. The fraction of sp³-hybridized carbons (Fsp3) is 0.385. The molecule has 18 heavy (non-hydrogen) atoms. The Morgan fingerprint density at radius 1 is 1.50 bits per heavy atom. The van der Waals surface area contributed by atoms with E-state index >= 15 is 0 Å². The molecule has 0 saturated carbocycles. The van der Waals surface area contributed by atoms with Crippen LogP contribution < -0.4 is 5.32 Å². The number of fused-ring (bicyclic) bond motifs is 1. The van der Waals surface area contributed by atoms with Crippen molar-refractivity contribution in [2.24, 2.45) is 5.41 Å². The van der Waals surface area contributed by atoms with Gasteiger partial charge in [-0.05, 0) is 12.1 Å². The summed E-state index contributed by atoms with van der Waals surface area (Å²) in [6.07, 6.45) is 5.22. The predicted octanol–water partition coefficient (Wildman–Crippen LogP) is 1.08. The van der Waals surface area contributed by atoms with Gasteiger partial charge < -0.3 is 14.8 Å².